The van der Waals surface area contributed by atoms with Crippen LogP contribution in [0.4, 0.5) is 8.78 Å². The van der Waals surface area contributed by atoms with E-state index in [0.29, 0.717) is 12.8 Å². The van der Waals surface area contributed by atoms with Crippen LogP contribution in [-0.4, -0.2) is 24.5 Å². The Labute approximate surface area is 118 Å². The first-order valence-corrected chi connectivity index (χ1v) is 8.38. The molecule has 106 valence electrons. The van der Waals surface area contributed by atoms with Gasteiger partial charge >= 0.3 is 0 Å². The third-order valence-corrected chi connectivity index (χ3v) is 6.24. The molecule has 0 bridgehead atoms. The summed E-state index contributed by atoms with van der Waals surface area (Å²) in [7, 11) is -3.52. The summed E-state index contributed by atoms with van der Waals surface area (Å²) >= 11 is 2.90. The smallest absolute Gasteiger partial charge is 0.156 e. The van der Waals surface area contributed by atoms with Crippen molar-refractivity contribution in [2.24, 2.45) is 0 Å². The first-order valence-electron chi connectivity index (χ1n) is 5.87. The Hall–Kier alpha value is -0.530. The largest absolute Gasteiger partial charge is 0.387 e. The Balaban J connectivity index is 2.44. The standard InChI is InChI=1S/C12H13BrF2O3S/c13-7-4-5-8(14)10(11(7)15)12(16)9-3-1-2-6-19(9,17)18/h4-5,9,12,16H,1-3,6H2. The van der Waals surface area contributed by atoms with Gasteiger partial charge in [-0.2, -0.15) is 0 Å². The lowest BCUT2D eigenvalue weighted by atomic mass is 10.0. The van der Waals surface area contributed by atoms with Crippen molar-refractivity contribution in [1.82, 2.24) is 0 Å². The van der Waals surface area contributed by atoms with Gasteiger partial charge in [-0.05, 0) is 40.9 Å². The van der Waals surface area contributed by atoms with Crippen LogP contribution in [0.2, 0.25) is 0 Å². The number of aliphatic hydroxyl groups is 1. The zero-order chi connectivity index (χ0) is 14.2. The van der Waals surface area contributed by atoms with Crippen LogP contribution in [0.1, 0.15) is 30.9 Å². The Morgan fingerprint density at radius 3 is 2.63 bits per heavy atom. The maximum Gasteiger partial charge on any atom is 0.156 e. The van der Waals surface area contributed by atoms with Crippen molar-refractivity contribution in [1.29, 1.82) is 0 Å². The quantitative estimate of drug-likeness (QED) is 0.830. The van der Waals surface area contributed by atoms with Crippen LogP contribution in [0, 0.1) is 11.6 Å². The number of sulfone groups is 1. The van der Waals surface area contributed by atoms with Gasteiger partial charge in [0.2, 0.25) is 0 Å². The molecule has 0 radical (unpaired) electrons. The van der Waals surface area contributed by atoms with Crippen molar-refractivity contribution in [2.75, 3.05) is 5.75 Å². The fraction of sp³-hybridized carbons (Fsp3) is 0.500. The molecule has 0 aromatic heterocycles. The fourth-order valence-corrected chi connectivity index (χ4v) is 4.64. The monoisotopic (exact) mass is 354 g/mol. The highest BCUT2D eigenvalue weighted by Crippen LogP contribution is 2.35. The van der Waals surface area contributed by atoms with Gasteiger partial charge in [-0.25, -0.2) is 17.2 Å². The van der Waals surface area contributed by atoms with Crippen LogP contribution in [0.25, 0.3) is 0 Å². The topological polar surface area (TPSA) is 54.4 Å². The maximum absolute atomic E-state index is 13.9. The van der Waals surface area contributed by atoms with Crippen LogP contribution >= 0.6 is 15.9 Å². The van der Waals surface area contributed by atoms with Crippen molar-refractivity contribution >= 4 is 25.8 Å². The Morgan fingerprint density at radius 2 is 2.00 bits per heavy atom. The highest BCUT2D eigenvalue weighted by atomic mass is 79.9. The first kappa shape index (κ1) is 14.9. The molecule has 1 aliphatic heterocycles. The Bertz CT molecular complexity index is 589. The molecule has 1 fully saturated rings. The van der Waals surface area contributed by atoms with Gasteiger partial charge in [0.05, 0.1) is 21.0 Å². The lowest BCUT2D eigenvalue weighted by Gasteiger charge is -2.27. The van der Waals surface area contributed by atoms with E-state index in [0.717, 1.165) is 6.07 Å². The molecule has 19 heavy (non-hydrogen) atoms. The van der Waals surface area contributed by atoms with Crippen LogP contribution in [0.5, 0.6) is 0 Å². The van der Waals surface area contributed by atoms with Gasteiger partial charge in [0.25, 0.3) is 0 Å². The van der Waals surface area contributed by atoms with E-state index in [4.69, 9.17) is 0 Å². The average molecular weight is 355 g/mol. The zero-order valence-electron chi connectivity index (χ0n) is 9.94. The van der Waals surface area contributed by atoms with Crippen molar-refractivity contribution in [3.63, 3.8) is 0 Å². The number of rotatable bonds is 2. The number of halogens is 3. The lowest BCUT2D eigenvalue weighted by molar-refractivity contribution is 0.155. The predicted octanol–water partition coefficient (Wildman–Crippen LogP) is 2.73. The van der Waals surface area contributed by atoms with Crippen LogP contribution in [-0.2, 0) is 9.84 Å². The Kier molecular flexibility index (Phi) is 4.27. The molecule has 2 rings (SSSR count). The number of hydrogen-bond donors (Lipinski definition) is 1. The number of aliphatic hydroxyl groups excluding tert-OH is 1. The predicted molar refractivity (Wildman–Crippen MR) is 70.4 cm³/mol. The second kappa shape index (κ2) is 5.46. The second-order valence-electron chi connectivity index (χ2n) is 4.60. The van der Waals surface area contributed by atoms with E-state index in [2.05, 4.69) is 15.9 Å². The van der Waals surface area contributed by atoms with Gasteiger partial charge in [-0.1, -0.05) is 6.42 Å². The molecule has 0 aliphatic carbocycles. The van der Waals surface area contributed by atoms with Gasteiger partial charge < -0.3 is 5.11 Å². The highest BCUT2D eigenvalue weighted by Gasteiger charge is 2.38. The summed E-state index contributed by atoms with van der Waals surface area (Å²) in [5, 5.41) is 8.95. The van der Waals surface area contributed by atoms with Crippen molar-refractivity contribution in [3.8, 4) is 0 Å². The normalized spacial score (nSPS) is 24.1. The molecule has 7 heteroatoms. The molecule has 2 atom stereocenters. The van der Waals surface area contributed by atoms with Gasteiger partial charge in [-0.15, -0.1) is 0 Å². The van der Waals surface area contributed by atoms with Crippen LogP contribution < -0.4 is 0 Å². The van der Waals surface area contributed by atoms with Gasteiger partial charge in [-0.3, -0.25) is 0 Å². The summed E-state index contributed by atoms with van der Waals surface area (Å²) in [5.74, 6) is -1.94. The summed E-state index contributed by atoms with van der Waals surface area (Å²) in [6.45, 7) is 0. The molecule has 1 aromatic rings. The molecule has 1 heterocycles. The molecular formula is C12H13BrF2O3S. The van der Waals surface area contributed by atoms with Crippen molar-refractivity contribution in [2.45, 2.75) is 30.6 Å². The van der Waals surface area contributed by atoms with Crippen molar-refractivity contribution < 1.29 is 22.3 Å². The maximum atomic E-state index is 13.9. The number of hydrogen-bond acceptors (Lipinski definition) is 3. The summed E-state index contributed by atoms with van der Waals surface area (Å²) < 4.78 is 51.3. The van der Waals surface area contributed by atoms with E-state index >= 15 is 0 Å². The van der Waals surface area contributed by atoms with Crippen LogP contribution in [0.15, 0.2) is 16.6 Å². The summed E-state index contributed by atoms with van der Waals surface area (Å²) in [6, 6.07) is 2.18. The molecule has 0 amide bonds. The van der Waals surface area contributed by atoms with Gasteiger partial charge in [0, 0.05) is 0 Å². The number of benzene rings is 1. The zero-order valence-corrected chi connectivity index (χ0v) is 12.3. The van der Waals surface area contributed by atoms with E-state index in [-0.39, 0.29) is 16.6 Å². The molecular weight excluding hydrogens is 342 g/mol. The minimum absolute atomic E-state index is 0.00356. The van der Waals surface area contributed by atoms with Crippen LogP contribution in [0.3, 0.4) is 0 Å². The summed E-state index contributed by atoms with van der Waals surface area (Å²) in [5.41, 5.74) is -0.579. The van der Waals surface area contributed by atoms with E-state index in [1.54, 1.807) is 0 Å². The van der Waals surface area contributed by atoms with Crippen molar-refractivity contribution in [3.05, 3.63) is 33.8 Å². The minimum atomic E-state index is -3.52. The lowest BCUT2D eigenvalue weighted by Crippen LogP contribution is -2.34. The highest BCUT2D eigenvalue weighted by molar-refractivity contribution is 9.10. The molecule has 2 unspecified atom stereocenters. The SMILES string of the molecule is O=S1(=O)CCCCC1C(O)c1c(F)ccc(Br)c1F. The fourth-order valence-electron chi connectivity index (χ4n) is 2.33. The van der Waals surface area contributed by atoms with E-state index in [1.807, 2.05) is 0 Å². The third-order valence-electron chi connectivity index (χ3n) is 3.36. The molecule has 0 spiro atoms. The summed E-state index contributed by atoms with van der Waals surface area (Å²) in [6.07, 6.45) is -0.315. The second-order valence-corrected chi connectivity index (χ2v) is 7.80. The molecule has 1 saturated heterocycles. The molecule has 1 aliphatic rings. The molecule has 1 N–H and O–H groups in total. The molecule has 3 nitrogen and oxygen atoms in total. The Morgan fingerprint density at radius 1 is 1.32 bits per heavy atom. The summed E-state index contributed by atoms with van der Waals surface area (Å²) in [4.78, 5) is 0. The molecule has 0 saturated carbocycles. The molecule has 1 aromatic carbocycles. The van der Waals surface area contributed by atoms with E-state index < -0.39 is 38.4 Å². The van der Waals surface area contributed by atoms with Gasteiger partial charge in [0.1, 0.15) is 17.7 Å². The minimum Gasteiger partial charge on any atom is -0.387 e. The van der Waals surface area contributed by atoms with E-state index in [9.17, 15) is 22.3 Å². The first-order chi connectivity index (χ1) is 8.84. The third kappa shape index (κ3) is 2.83. The van der Waals surface area contributed by atoms with E-state index in [1.165, 1.54) is 6.07 Å². The van der Waals surface area contributed by atoms with Gasteiger partial charge in [0.15, 0.2) is 9.84 Å². The average Bonchev–Trinajstić information content (AvgIpc) is 2.33.